The van der Waals surface area contributed by atoms with Crippen LogP contribution in [0, 0.1) is 0 Å². The van der Waals surface area contributed by atoms with Crippen molar-refractivity contribution in [3.05, 3.63) is 60.2 Å². The highest BCUT2D eigenvalue weighted by Gasteiger charge is 2.21. The third-order valence-corrected chi connectivity index (χ3v) is 5.75. The first-order chi connectivity index (χ1) is 13.5. The molecule has 3 rings (SSSR count). The van der Waals surface area contributed by atoms with E-state index >= 15 is 0 Å². The minimum absolute atomic E-state index is 0.0543. The summed E-state index contributed by atoms with van der Waals surface area (Å²) >= 11 is 0. The van der Waals surface area contributed by atoms with Gasteiger partial charge in [-0.15, -0.1) is 0 Å². The number of para-hydroxylation sites is 1. The number of sulfonamides is 1. The molecule has 0 spiro atoms. The van der Waals surface area contributed by atoms with Gasteiger partial charge in [0.05, 0.1) is 17.5 Å². The van der Waals surface area contributed by atoms with E-state index < -0.39 is 10.0 Å². The smallest absolute Gasteiger partial charge is 0.251 e. The summed E-state index contributed by atoms with van der Waals surface area (Å²) in [7, 11) is -3.70. The Morgan fingerprint density at radius 1 is 1.14 bits per heavy atom. The summed E-state index contributed by atoms with van der Waals surface area (Å²) in [4.78, 5) is 12.4. The van der Waals surface area contributed by atoms with Gasteiger partial charge in [-0.1, -0.05) is 24.3 Å². The van der Waals surface area contributed by atoms with Gasteiger partial charge in [-0.3, -0.25) is 4.79 Å². The van der Waals surface area contributed by atoms with E-state index in [2.05, 4.69) is 10.0 Å². The molecule has 8 heteroatoms. The van der Waals surface area contributed by atoms with Gasteiger partial charge in [-0.25, -0.2) is 13.1 Å². The molecule has 1 aliphatic heterocycles. The van der Waals surface area contributed by atoms with Gasteiger partial charge in [0.25, 0.3) is 5.91 Å². The lowest BCUT2D eigenvalue weighted by Crippen LogP contribution is -2.32. The summed E-state index contributed by atoms with van der Waals surface area (Å²) in [5.74, 6) is 0.370. The molecule has 0 radical (unpaired) electrons. The van der Waals surface area contributed by atoms with E-state index in [0.717, 1.165) is 18.6 Å². The predicted octanol–water partition coefficient (Wildman–Crippen LogP) is 1.95. The van der Waals surface area contributed by atoms with Crippen LogP contribution >= 0.6 is 0 Å². The molecule has 2 aromatic carbocycles. The van der Waals surface area contributed by atoms with Gasteiger partial charge in [0.1, 0.15) is 12.4 Å². The van der Waals surface area contributed by atoms with Gasteiger partial charge in [-0.05, 0) is 43.2 Å². The van der Waals surface area contributed by atoms with Gasteiger partial charge < -0.3 is 14.8 Å². The van der Waals surface area contributed by atoms with Crippen LogP contribution in [0.3, 0.4) is 0 Å². The topological polar surface area (TPSA) is 93.7 Å². The number of ether oxygens (including phenoxy) is 2. The number of amides is 1. The average molecular weight is 404 g/mol. The number of hydrogen-bond donors (Lipinski definition) is 2. The summed E-state index contributed by atoms with van der Waals surface area (Å²) in [6, 6.07) is 15.3. The Morgan fingerprint density at radius 2 is 1.96 bits per heavy atom. The van der Waals surface area contributed by atoms with E-state index in [-0.39, 0.29) is 29.0 Å². The molecule has 1 atom stereocenters. The lowest BCUT2D eigenvalue weighted by atomic mass is 10.2. The molecule has 150 valence electrons. The number of carbonyl (C=O) groups excluding carboxylic acids is 1. The summed E-state index contributed by atoms with van der Waals surface area (Å²) in [5.41, 5.74) is 0.278. The van der Waals surface area contributed by atoms with Crippen molar-refractivity contribution >= 4 is 15.9 Å². The standard InChI is InChI=1S/C20H24N2O5S/c23-20(21-11-13-27-17-7-2-1-3-8-17)16-6-4-10-19(14-16)28(24,25)22-15-18-9-5-12-26-18/h1-4,6-8,10,14,18,22H,5,9,11-13,15H2,(H,21,23). The molecule has 0 bridgehead atoms. The molecule has 1 unspecified atom stereocenters. The minimum Gasteiger partial charge on any atom is -0.492 e. The number of rotatable bonds is 9. The Bertz CT molecular complexity index is 880. The van der Waals surface area contributed by atoms with E-state index in [4.69, 9.17) is 9.47 Å². The third kappa shape index (κ3) is 5.79. The van der Waals surface area contributed by atoms with Crippen LogP contribution in [-0.4, -0.2) is 46.7 Å². The van der Waals surface area contributed by atoms with Crippen molar-refractivity contribution < 1.29 is 22.7 Å². The zero-order chi connectivity index (χ0) is 19.8. The van der Waals surface area contributed by atoms with Crippen molar-refractivity contribution in [2.75, 3.05) is 26.3 Å². The largest absolute Gasteiger partial charge is 0.492 e. The van der Waals surface area contributed by atoms with Gasteiger partial charge >= 0.3 is 0 Å². The number of hydrogen-bond acceptors (Lipinski definition) is 5. The van der Waals surface area contributed by atoms with Crippen LogP contribution in [-0.2, 0) is 14.8 Å². The fourth-order valence-electron chi connectivity index (χ4n) is 2.85. The third-order valence-electron chi connectivity index (χ3n) is 4.33. The van der Waals surface area contributed by atoms with Crippen LogP contribution in [0.1, 0.15) is 23.2 Å². The maximum Gasteiger partial charge on any atom is 0.251 e. The summed E-state index contributed by atoms with van der Waals surface area (Å²) in [5, 5.41) is 2.73. The Kier molecular flexibility index (Phi) is 7.02. The molecule has 1 aliphatic rings. The molecular formula is C20H24N2O5S. The lowest BCUT2D eigenvalue weighted by molar-refractivity contribution is 0.0946. The molecule has 2 N–H and O–H groups in total. The first kappa shape index (κ1) is 20.3. The normalized spacial score (nSPS) is 16.6. The molecule has 0 aliphatic carbocycles. The summed E-state index contributed by atoms with van der Waals surface area (Å²) in [6.07, 6.45) is 1.69. The maximum atomic E-state index is 12.5. The second kappa shape index (κ2) is 9.68. The van der Waals surface area contributed by atoms with Crippen molar-refractivity contribution in [2.24, 2.45) is 0 Å². The van der Waals surface area contributed by atoms with Crippen LogP contribution in [0.15, 0.2) is 59.5 Å². The highest BCUT2D eigenvalue weighted by atomic mass is 32.2. The van der Waals surface area contributed by atoms with Crippen LogP contribution in [0.5, 0.6) is 5.75 Å². The molecule has 1 amide bonds. The van der Waals surface area contributed by atoms with Crippen molar-refractivity contribution in [3.63, 3.8) is 0 Å². The van der Waals surface area contributed by atoms with Crippen LogP contribution in [0.25, 0.3) is 0 Å². The van der Waals surface area contributed by atoms with E-state index in [1.165, 1.54) is 12.1 Å². The Hall–Kier alpha value is -2.42. The molecule has 28 heavy (non-hydrogen) atoms. The van der Waals surface area contributed by atoms with Gasteiger partial charge in [0.2, 0.25) is 10.0 Å². The Balaban J connectivity index is 1.51. The quantitative estimate of drug-likeness (QED) is 0.623. The molecule has 1 heterocycles. The van der Waals surface area contributed by atoms with E-state index in [1.807, 2.05) is 30.3 Å². The van der Waals surface area contributed by atoms with E-state index in [1.54, 1.807) is 12.1 Å². The predicted molar refractivity (Wildman–Crippen MR) is 105 cm³/mol. The highest BCUT2D eigenvalue weighted by molar-refractivity contribution is 7.89. The zero-order valence-corrected chi connectivity index (χ0v) is 16.3. The summed E-state index contributed by atoms with van der Waals surface area (Å²) < 4.78 is 38.4. The maximum absolute atomic E-state index is 12.5. The molecule has 0 saturated carbocycles. The second-order valence-corrected chi connectivity index (χ2v) is 8.20. The van der Waals surface area contributed by atoms with E-state index in [9.17, 15) is 13.2 Å². The van der Waals surface area contributed by atoms with Crippen molar-refractivity contribution in [3.8, 4) is 5.75 Å². The highest BCUT2D eigenvalue weighted by Crippen LogP contribution is 2.14. The minimum atomic E-state index is -3.70. The Labute approximate surface area is 165 Å². The van der Waals surface area contributed by atoms with Crippen LogP contribution < -0.4 is 14.8 Å². The van der Waals surface area contributed by atoms with Gasteiger partial charge in [0.15, 0.2) is 0 Å². The van der Waals surface area contributed by atoms with Crippen molar-refractivity contribution in [1.82, 2.24) is 10.0 Å². The summed E-state index contributed by atoms with van der Waals surface area (Å²) in [6.45, 7) is 1.52. The number of nitrogens with one attached hydrogen (secondary N) is 2. The van der Waals surface area contributed by atoms with Gasteiger partial charge in [-0.2, -0.15) is 0 Å². The molecule has 7 nitrogen and oxygen atoms in total. The van der Waals surface area contributed by atoms with E-state index in [0.29, 0.717) is 19.8 Å². The van der Waals surface area contributed by atoms with Gasteiger partial charge in [0, 0.05) is 18.7 Å². The van der Waals surface area contributed by atoms with Crippen LogP contribution in [0.4, 0.5) is 0 Å². The molecule has 1 fully saturated rings. The Morgan fingerprint density at radius 3 is 2.71 bits per heavy atom. The molecule has 0 aromatic heterocycles. The molecule has 1 saturated heterocycles. The first-order valence-electron chi connectivity index (χ1n) is 9.22. The van der Waals surface area contributed by atoms with Crippen LogP contribution in [0.2, 0.25) is 0 Å². The second-order valence-electron chi connectivity index (χ2n) is 6.43. The monoisotopic (exact) mass is 404 g/mol. The van der Waals surface area contributed by atoms with Crippen molar-refractivity contribution in [1.29, 1.82) is 0 Å². The first-order valence-corrected chi connectivity index (χ1v) is 10.7. The molecular weight excluding hydrogens is 380 g/mol. The number of benzene rings is 2. The fraction of sp³-hybridized carbons (Fsp3) is 0.350. The molecule has 2 aromatic rings. The SMILES string of the molecule is O=C(NCCOc1ccccc1)c1cccc(S(=O)(=O)NCC2CCCO2)c1. The lowest BCUT2D eigenvalue weighted by Gasteiger charge is -2.12. The fourth-order valence-corrected chi connectivity index (χ4v) is 3.96. The van der Waals surface area contributed by atoms with Crippen molar-refractivity contribution in [2.45, 2.75) is 23.8 Å². The number of carbonyl (C=O) groups is 1. The zero-order valence-electron chi connectivity index (χ0n) is 15.5. The average Bonchev–Trinajstić information content (AvgIpc) is 3.24.